The number of benzene rings is 2. The molecule has 0 aliphatic rings. The molecule has 2 aromatic carbocycles. The number of hydrogen-bond donors (Lipinski definition) is 0. The lowest BCUT2D eigenvalue weighted by molar-refractivity contribution is 0.0736. The number of methoxy groups -OCH3 is 1. The van der Waals surface area contributed by atoms with Crippen molar-refractivity contribution >= 4 is 5.91 Å². The predicted octanol–water partition coefficient (Wildman–Crippen LogP) is 5.69. The summed E-state index contributed by atoms with van der Waals surface area (Å²) < 4.78 is 7.55. The van der Waals surface area contributed by atoms with Crippen LogP contribution in [0.2, 0.25) is 0 Å². The summed E-state index contributed by atoms with van der Waals surface area (Å²) >= 11 is 0. The first-order valence-corrected chi connectivity index (χ1v) is 10.7. The molecule has 0 saturated carbocycles. The highest BCUT2D eigenvalue weighted by Crippen LogP contribution is 2.18. The van der Waals surface area contributed by atoms with Crippen LogP contribution in [0.4, 0.5) is 0 Å². The number of hydrogen-bond acceptors (Lipinski definition) is 2. The van der Waals surface area contributed by atoms with Crippen LogP contribution in [0.1, 0.15) is 53.4 Å². The van der Waals surface area contributed by atoms with Crippen LogP contribution in [0.5, 0.6) is 5.75 Å². The molecule has 3 rings (SSSR count). The van der Waals surface area contributed by atoms with Gasteiger partial charge in [0.15, 0.2) is 0 Å². The average molecular weight is 405 g/mol. The zero-order valence-corrected chi connectivity index (χ0v) is 18.3. The van der Waals surface area contributed by atoms with E-state index in [0.29, 0.717) is 17.9 Å². The van der Waals surface area contributed by atoms with Gasteiger partial charge in [0.2, 0.25) is 0 Å². The molecule has 0 unspecified atom stereocenters. The van der Waals surface area contributed by atoms with Crippen molar-refractivity contribution in [1.29, 1.82) is 0 Å². The lowest BCUT2D eigenvalue weighted by atomic mass is 10.1. The van der Waals surface area contributed by atoms with Crippen LogP contribution in [0, 0.1) is 6.92 Å². The summed E-state index contributed by atoms with van der Waals surface area (Å²) in [5.41, 5.74) is 4.34. The van der Waals surface area contributed by atoms with Crippen LogP contribution in [-0.2, 0) is 13.1 Å². The van der Waals surface area contributed by atoms with Crippen molar-refractivity contribution in [3.63, 3.8) is 0 Å². The Hall–Kier alpha value is -3.01. The highest BCUT2D eigenvalue weighted by Gasteiger charge is 2.18. The van der Waals surface area contributed by atoms with Crippen molar-refractivity contribution < 1.29 is 9.53 Å². The van der Waals surface area contributed by atoms with Crippen molar-refractivity contribution in [3.05, 3.63) is 89.2 Å². The lowest BCUT2D eigenvalue weighted by Gasteiger charge is -2.24. The topological polar surface area (TPSA) is 34.5 Å². The number of carbonyl (C=O) groups excluding carboxylic acids is 1. The zero-order valence-electron chi connectivity index (χ0n) is 18.3. The molecular formula is C26H32N2O2. The van der Waals surface area contributed by atoms with E-state index in [1.807, 2.05) is 29.2 Å². The van der Waals surface area contributed by atoms with Crippen LogP contribution >= 0.6 is 0 Å². The molecule has 0 atom stereocenters. The van der Waals surface area contributed by atoms with Crippen LogP contribution in [-0.4, -0.2) is 29.0 Å². The SMILES string of the molecule is CCCCCN(Cc1cccn1Cc1cccc(C)c1)C(=O)c1cccc(OC)c1. The summed E-state index contributed by atoms with van der Waals surface area (Å²) in [4.78, 5) is 15.3. The van der Waals surface area contributed by atoms with E-state index in [9.17, 15) is 4.79 Å². The third kappa shape index (κ3) is 5.76. The molecule has 0 saturated heterocycles. The van der Waals surface area contributed by atoms with Gasteiger partial charge in [-0.2, -0.15) is 0 Å². The first-order chi connectivity index (χ1) is 14.6. The highest BCUT2D eigenvalue weighted by atomic mass is 16.5. The molecule has 0 radical (unpaired) electrons. The molecule has 0 spiro atoms. The second-order valence-electron chi connectivity index (χ2n) is 7.78. The molecular weight excluding hydrogens is 372 g/mol. The van der Waals surface area contributed by atoms with Gasteiger partial charge in [0.05, 0.1) is 13.7 Å². The summed E-state index contributed by atoms with van der Waals surface area (Å²) in [5, 5.41) is 0. The molecule has 4 nitrogen and oxygen atoms in total. The Bertz CT molecular complexity index is 961. The quantitative estimate of drug-likeness (QED) is 0.407. The fourth-order valence-electron chi connectivity index (χ4n) is 3.69. The van der Waals surface area contributed by atoms with Crippen molar-refractivity contribution in [2.24, 2.45) is 0 Å². The van der Waals surface area contributed by atoms with Crippen molar-refractivity contribution in [1.82, 2.24) is 9.47 Å². The van der Waals surface area contributed by atoms with Gasteiger partial charge in [-0.3, -0.25) is 4.79 Å². The monoisotopic (exact) mass is 404 g/mol. The van der Waals surface area contributed by atoms with E-state index in [2.05, 4.69) is 61.0 Å². The maximum atomic E-state index is 13.3. The number of unbranched alkanes of at least 4 members (excludes halogenated alkanes) is 2. The van der Waals surface area contributed by atoms with Gasteiger partial charge in [0.25, 0.3) is 5.91 Å². The maximum absolute atomic E-state index is 13.3. The van der Waals surface area contributed by atoms with Crippen LogP contribution in [0.15, 0.2) is 66.9 Å². The summed E-state index contributed by atoms with van der Waals surface area (Å²) in [7, 11) is 1.63. The third-order valence-corrected chi connectivity index (χ3v) is 5.35. The van der Waals surface area contributed by atoms with Gasteiger partial charge in [-0.1, -0.05) is 55.7 Å². The van der Waals surface area contributed by atoms with Gasteiger partial charge in [0.1, 0.15) is 5.75 Å². The molecule has 0 N–H and O–H groups in total. The Morgan fingerprint density at radius 3 is 2.63 bits per heavy atom. The van der Waals surface area contributed by atoms with Gasteiger partial charge in [-0.05, 0) is 49.2 Å². The first-order valence-electron chi connectivity index (χ1n) is 10.7. The van der Waals surface area contributed by atoms with Crippen molar-refractivity contribution in [2.75, 3.05) is 13.7 Å². The largest absolute Gasteiger partial charge is 0.497 e. The standard InChI is InChI=1S/C26H32N2O2/c1-4-5-6-15-28(26(29)23-12-8-14-25(18-23)30-3)20-24-13-9-16-27(24)19-22-11-7-10-21(2)17-22/h7-14,16-18H,4-6,15,19-20H2,1-3H3. The molecule has 3 aromatic rings. The summed E-state index contributed by atoms with van der Waals surface area (Å²) in [6.45, 7) is 6.45. The van der Waals surface area contributed by atoms with Crippen LogP contribution in [0.25, 0.3) is 0 Å². The van der Waals surface area contributed by atoms with E-state index >= 15 is 0 Å². The number of nitrogens with zero attached hydrogens (tertiary/aromatic N) is 2. The first kappa shape index (κ1) is 21.7. The Morgan fingerprint density at radius 2 is 1.87 bits per heavy atom. The number of rotatable bonds is 10. The molecule has 0 aliphatic heterocycles. The molecule has 1 aromatic heterocycles. The highest BCUT2D eigenvalue weighted by molar-refractivity contribution is 5.94. The second-order valence-corrected chi connectivity index (χ2v) is 7.78. The summed E-state index contributed by atoms with van der Waals surface area (Å²) in [5.74, 6) is 0.755. The van der Waals surface area contributed by atoms with E-state index in [4.69, 9.17) is 4.74 Å². The molecule has 1 heterocycles. The van der Waals surface area contributed by atoms with Gasteiger partial charge < -0.3 is 14.2 Å². The Labute approximate surface area is 180 Å². The normalized spacial score (nSPS) is 10.8. The number of aromatic nitrogens is 1. The van der Waals surface area contributed by atoms with Gasteiger partial charge in [-0.25, -0.2) is 0 Å². The molecule has 158 valence electrons. The molecule has 0 fully saturated rings. The lowest BCUT2D eigenvalue weighted by Crippen LogP contribution is -2.32. The minimum absolute atomic E-state index is 0.0494. The molecule has 4 heteroatoms. The van der Waals surface area contributed by atoms with E-state index in [1.54, 1.807) is 7.11 Å². The second kappa shape index (κ2) is 10.7. The van der Waals surface area contributed by atoms with Gasteiger partial charge in [0, 0.05) is 30.5 Å². The molecule has 0 bridgehead atoms. The van der Waals surface area contributed by atoms with Crippen molar-refractivity contribution in [2.45, 2.75) is 46.2 Å². The molecule has 1 amide bonds. The number of amides is 1. The zero-order chi connectivity index (χ0) is 21.3. The van der Waals surface area contributed by atoms with E-state index in [1.165, 1.54) is 11.1 Å². The van der Waals surface area contributed by atoms with Crippen LogP contribution in [0.3, 0.4) is 0 Å². The summed E-state index contributed by atoms with van der Waals surface area (Å²) in [6.07, 6.45) is 5.35. The number of ether oxygens (including phenoxy) is 1. The van der Waals surface area contributed by atoms with Crippen LogP contribution < -0.4 is 4.74 Å². The molecule has 30 heavy (non-hydrogen) atoms. The average Bonchev–Trinajstić information content (AvgIpc) is 3.19. The predicted molar refractivity (Wildman–Crippen MR) is 122 cm³/mol. The van der Waals surface area contributed by atoms with Gasteiger partial charge in [-0.15, -0.1) is 0 Å². The maximum Gasteiger partial charge on any atom is 0.254 e. The molecule has 0 aliphatic carbocycles. The fraction of sp³-hybridized carbons (Fsp3) is 0.346. The van der Waals surface area contributed by atoms with Crippen molar-refractivity contribution in [3.8, 4) is 5.75 Å². The Morgan fingerprint density at radius 1 is 1.03 bits per heavy atom. The van der Waals surface area contributed by atoms with Gasteiger partial charge >= 0.3 is 0 Å². The van der Waals surface area contributed by atoms with E-state index < -0.39 is 0 Å². The number of carbonyl (C=O) groups is 1. The number of aryl methyl sites for hydroxylation is 1. The minimum atomic E-state index is 0.0494. The van der Waals surface area contributed by atoms with E-state index in [0.717, 1.165) is 38.0 Å². The fourth-order valence-corrected chi connectivity index (χ4v) is 3.69. The summed E-state index contributed by atoms with van der Waals surface area (Å²) in [6, 6.07) is 20.2. The third-order valence-electron chi connectivity index (χ3n) is 5.35. The Kier molecular flexibility index (Phi) is 7.72. The smallest absolute Gasteiger partial charge is 0.254 e. The minimum Gasteiger partial charge on any atom is -0.497 e. The Balaban J connectivity index is 1.80. The van der Waals surface area contributed by atoms with E-state index in [-0.39, 0.29) is 5.91 Å².